The number of rotatable bonds is 6. The van der Waals surface area contributed by atoms with Crippen LogP contribution in [-0.4, -0.2) is 75.2 Å². The van der Waals surface area contributed by atoms with Crippen molar-refractivity contribution in [1.29, 1.82) is 0 Å². The lowest BCUT2D eigenvalue weighted by atomic mass is 9.95. The second-order valence-corrected chi connectivity index (χ2v) is 7.13. The van der Waals surface area contributed by atoms with Crippen LogP contribution in [0.25, 0.3) is 0 Å². The molecule has 0 radical (unpaired) electrons. The molecule has 2 aliphatic heterocycles. The Morgan fingerprint density at radius 3 is 2.57 bits per heavy atom. The van der Waals surface area contributed by atoms with Gasteiger partial charge in [0.15, 0.2) is 0 Å². The zero-order chi connectivity index (χ0) is 16.2. The summed E-state index contributed by atoms with van der Waals surface area (Å²) in [6, 6.07) is 0. The van der Waals surface area contributed by atoms with Crippen LogP contribution in [0.1, 0.15) is 25.3 Å². The first kappa shape index (κ1) is 16.9. The van der Waals surface area contributed by atoms with Crippen LogP contribution in [0.3, 0.4) is 0 Å². The zero-order valence-electron chi connectivity index (χ0n) is 14.1. The number of aliphatic hydroxyl groups excluding tert-OH is 2. The van der Waals surface area contributed by atoms with Gasteiger partial charge in [-0.2, -0.15) is 5.10 Å². The van der Waals surface area contributed by atoms with E-state index >= 15 is 0 Å². The Bertz CT molecular complexity index is 485. The second-order valence-electron chi connectivity index (χ2n) is 7.13. The molecular weight excluding hydrogens is 292 g/mol. The fourth-order valence-electron chi connectivity index (χ4n) is 3.93. The molecule has 0 saturated carbocycles. The third kappa shape index (κ3) is 4.32. The molecule has 0 aliphatic carbocycles. The molecule has 130 valence electrons. The summed E-state index contributed by atoms with van der Waals surface area (Å²) in [5, 5.41) is 23.7. The van der Waals surface area contributed by atoms with Gasteiger partial charge in [0, 0.05) is 64.2 Å². The first-order chi connectivity index (χ1) is 11.2. The Balaban J connectivity index is 1.52. The minimum atomic E-state index is -0.116. The van der Waals surface area contributed by atoms with E-state index in [2.05, 4.69) is 28.0 Å². The molecular formula is C17H30N4O2. The molecule has 0 amide bonds. The molecule has 0 aromatic carbocycles. The lowest BCUT2D eigenvalue weighted by Crippen LogP contribution is -2.40. The fourth-order valence-corrected chi connectivity index (χ4v) is 3.93. The van der Waals surface area contributed by atoms with Gasteiger partial charge in [0.25, 0.3) is 0 Å². The lowest BCUT2D eigenvalue weighted by molar-refractivity contribution is 0.0684. The smallest absolute Gasteiger partial charge is 0.0564 e. The molecule has 2 aliphatic rings. The van der Waals surface area contributed by atoms with E-state index in [-0.39, 0.29) is 12.7 Å². The Kier molecular flexibility index (Phi) is 5.69. The maximum atomic E-state index is 9.73. The van der Waals surface area contributed by atoms with E-state index in [0.717, 1.165) is 58.7 Å². The second kappa shape index (κ2) is 7.75. The topological polar surface area (TPSA) is 64.8 Å². The van der Waals surface area contributed by atoms with Crippen LogP contribution in [0.4, 0.5) is 0 Å². The number of aromatic nitrogens is 2. The van der Waals surface area contributed by atoms with Gasteiger partial charge in [-0.1, -0.05) is 0 Å². The molecule has 2 atom stereocenters. The van der Waals surface area contributed by atoms with Crippen molar-refractivity contribution in [2.45, 2.75) is 39.0 Å². The van der Waals surface area contributed by atoms with Crippen LogP contribution in [0.15, 0.2) is 12.4 Å². The van der Waals surface area contributed by atoms with Gasteiger partial charge in [-0.05, 0) is 31.6 Å². The minimum Gasteiger partial charge on any atom is -0.396 e. The molecule has 23 heavy (non-hydrogen) atoms. The lowest BCUT2D eigenvalue weighted by Gasteiger charge is -2.32. The van der Waals surface area contributed by atoms with Gasteiger partial charge < -0.3 is 15.1 Å². The summed E-state index contributed by atoms with van der Waals surface area (Å²) < 4.78 is 1.96. The van der Waals surface area contributed by atoms with Gasteiger partial charge in [0.1, 0.15) is 0 Å². The molecule has 3 rings (SSSR count). The van der Waals surface area contributed by atoms with E-state index in [1.54, 1.807) is 0 Å². The van der Waals surface area contributed by atoms with Crippen molar-refractivity contribution < 1.29 is 10.2 Å². The van der Waals surface area contributed by atoms with Gasteiger partial charge in [-0.15, -0.1) is 0 Å². The van der Waals surface area contributed by atoms with Crippen LogP contribution in [0, 0.1) is 11.8 Å². The molecule has 0 unspecified atom stereocenters. The highest BCUT2D eigenvalue weighted by Gasteiger charge is 2.34. The van der Waals surface area contributed by atoms with Crippen molar-refractivity contribution in [1.82, 2.24) is 19.6 Å². The van der Waals surface area contributed by atoms with Crippen LogP contribution in [0.2, 0.25) is 0 Å². The highest BCUT2D eigenvalue weighted by Crippen LogP contribution is 2.26. The standard InChI is InChI=1S/C17H30N4O2/c1-2-21-9-14(7-18-21)8-20-11-15(16(12-20)13-22)10-19-5-3-17(23)4-6-19/h7,9,15-17,22-23H,2-6,8,10-13H2,1H3/t15-,16-/m1/s1. The predicted molar refractivity (Wildman–Crippen MR) is 88.9 cm³/mol. The number of hydrogen-bond donors (Lipinski definition) is 2. The van der Waals surface area contributed by atoms with Crippen LogP contribution in [0.5, 0.6) is 0 Å². The molecule has 2 N–H and O–H groups in total. The number of piperidine rings is 1. The Hall–Kier alpha value is -0.950. The summed E-state index contributed by atoms with van der Waals surface area (Å²) in [5.41, 5.74) is 1.25. The molecule has 2 fully saturated rings. The van der Waals surface area contributed by atoms with Gasteiger partial charge in [-0.3, -0.25) is 9.58 Å². The average Bonchev–Trinajstić information content (AvgIpc) is 3.16. The number of likely N-dealkylation sites (tertiary alicyclic amines) is 2. The van der Waals surface area contributed by atoms with Crippen molar-refractivity contribution in [2.75, 3.05) is 39.3 Å². The van der Waals surface area contributed by atoms with Crippen LogP contribution < -0.4 is 0 Å². The van der Waals surface area contributed by atoms with E-state index in [0.29, 0.717) is 11.8 Å². The van der Waals surface area contributed by atoms with Crippen molar-refractivity contribution in [3.8, 4) is 0 Å². The molecule has 3 heterocycles. The van der Waals surface area contributed by atoms with Crippen molar-refractivity contribution in [3.63, 3.8) is 0 Å². The summed E-state index contributed by atoms with van der Waals surface area (Å²) >= 11 is 0. The largest absolute Gasteiger partial charge is 0.396 e. The molecule has 1 aromatic rings. The quantitative estimate of drug-likeness (QED) is 0.794. The van der Waals surface area contributed by atoms with Crippen LogP contribution >= 0.6 is 0 Å². The maximum absolute atomic E-state index is 9.73. The van der Waals surface area contributed by atoms with Gasteiger partial charge in [0.2, 0.25) is 0 Å². The summed E-state index contributed by atoms with van der Waals surface area (Å²) in [4.78, 5) is 4.90. The summed E-state index contributed by atoms with van der Waals surface area (Å²) in [7, 11) is 0. The van der Waals surface area contributed by atoms with Crippen molar-refractivity contribution >= 4 is 0 Å². The van der Waals surface area contributed by atoms with Crippen LogP contribution in [-0.2, 0) is 13.1 Å². The third-order valence-electron chi connectivity index (χ3n) is 5.35. The SMILES string of the molecule is CCn1cc(CN2C[C@@H](CN3CCC(O)CC3)[C@@H](CO)C2)cn1. The maximum Gasteiger partial charge on any atom is 0.0564 e. The van der Waals surface area contributed by atoms with Gasteiger partial charge in [-0.25, -0.2) is 0 Å². The third-order valence-corrected chi connectivity index (χ3v) is 5.35. The minimum absolute atomic E-state index is 0.116. The molecule has 2 saturated heterocycles. The molecule has 0 spiro atoms. The first-order valence-electron chi connectivity index (χ1n) is 8.93. The van der Waals surface area contributed by atoms with Gasteiger partial charge >= 0.3 is 0 Å². The molecule has 1 aromatic heterocycles. The van der Waals surface area contributed by atoms with E-state index in [9.17, 15) is 10.2 Å². The highest BCUT2D eigenvalue weighted by molar-refractivity contribution is 5.04. The van der Waals surface area contributed by atoms with Gasteiger partial charge in [0.05, 0.1) is 12.3 Å². The predicted octanol–water partition coefficient (Wildman–Crippen LogP) is 0.400. The monoisotopic (exact) mass is 322 g/mol. The number of aryl methyl sites for hydroxylation is 1. The number of aliphatic hydroxyl groups is 2. The van der Waals surface area contributed by atoms with E-state index < -0.39 is 0 Å². The first-order valence-corrected chi connectivity index (χ1v) is 8.93. The average molecular weight is 322 g/mol. The van der Waals surface area contributed by atoms with Crippen molar-refractivity contribution in [3.05, 3.63) is 18.0 Å². The summed E-state index contributed by atoms with van der Waals surface area (Å²) in [5.74, 6) is 0.888. The van der Waals surface area contributed by atoms with E-state index in [4.69, 9.17) is 0 Å². The number of nitrogens with zero attached hydrogens (tertiary/aromatic N) is 4. The summed E-state index contributed by atoms with van der Waals surface area (Å²) in [6.45, 7) is 9.22. The Labute approximate surface area is 138 Å². The fraction of sp³-hybridized carbons (Fsp3) is 0.824. The zero-order valence-corrected chi connectivity index (χ0v) is 14.1. The van der Waals surface area contributed by atoms with Crippen molar-refractivity contribution in [2.24, 2.45) is 11.8 Å². The Morgan fingerprint density at radius 2 is 1.91 bits per heavy atom. The normalized spacial score (nSPS) is 27.8. The highest BCUT2D eigenvalue weighted by atomic mass is 16.3. The van der Waals surface area contributed by atoms with E-state index in [1.165, 1.54) is 5.56 Å². The Morgan fingerprint density at radius 1 is 1.17 bits per heavy atom. The van der Waals surface area contributed by atoms with E-state index in [1.807, 2.05) is 10.9 Å². The molecule has 6 nitrogen and oxygen atoms in total. The summed E-state index contributed by atoms with van der Waals surface area (Å²) in [6.07, 6.45) is 5.73. The number of hydrogen-bond acceptors (Lipinski definition) is 5. The molecule has 6 heteroatoms. The molecule has 0 bridgehead atoms.